The maximum Gasteiger partial charge on any atom is 0.131 e. The first-order valence-electron chi connectivity index (χ1n) is 8.70. The van der Waals surface area contributed by atoms with Crippen molar-refractivity contribution < 1.29 is 18.9 Å². The highest BCUT2D eigenvalue weighted by atomic mass is 16.5. The highest BCUT2D eigenvalue weighted by Crippen LogP contribution is 2.34. The second kappa shape index (κ2) is 8.67. The number of benzene rings is 2. The van der Waals surface area contributed by atoms with Crippen molar-refractivity contribution >= 4 is 11.4 Å². The first kappa shape index (κ1) is 18.2. The van der Waals surface area contributed by atoms with Gasteiger partial charge in [-0.2, -0.15) is 0 Å². The molecular formula is C20H26N2O4. The van der Waals surface area contributed by atoms with Gasteiger partial charge >= 0.3 is 0 Å². The molecular weight excluding hydrogens is 332 g/mol. The van der Waals surface area contributed by atoms with Gasteiger partial charge in [-0.25, -0.2) is 0 Å². The van der Waals surface area contributed by atoms with Crippen LogP contribution in [0.25, 0.3) is 0 Å². The Balaban J connectivity index is 1.70. The first-order valence-corrected chi connectivity index (χ1v) is 8.70. The number of hydrogen-bond acceptors (Lipinski definition) is 6. The summed E-state index contributed by atoms with van der Waals surface area (Å²) in [5, 5.41) is 3.43. The minimum absolute atomic E-state index is 0.591. The van der Waals surface area contributed by atoms with Crippen LogP contribution in [0, 0.1) is 0 Å². The highest BCUT2D eigenvalue weighted by molar-refractivity contribution is 5.57. The van der Waals surface area contributed by atoms with E-state index in [1.54, 1.807) is 21.3 Å². The predicted molar refractivity (Wildman–Crippen MR) is 103 cm³/mol. The van der Waals surface area contributed by atoms with Crippen LogP contribution in [0.1, 0.15) is 5.56 Å². The monoisotopic (exact) mass is 358 g/mol. The third-order valence-electron chi connectivity index (χ3n) is 4.53. The van der Waals surface area contributed by atoms with E-state index in [0.29, 0.717) is 12.3 Å². The molecule has 0 atom stereocenters. The molecule has 0 spiro atoms. The van der Waals surface area contributed by atoms with Gasteiger partial charge in [0, 0.05) is 43.1 Å². The minimum Gasteiger partial charge on any atom is -0.496 e. The Labute approximate surface area is 154 Å². The molecule has 0 aliphatic carbocycles. The molecule has 140 valence electrons. The molecule has 0 saturated carbocycles. The lowest BCUT2D eigenvalue weighted by Gasteiger charge is -2.29. The number of methoxy groups -OCH3 is 3. The Bertz CT molecular complexity index is 687. The molecule has 1 aliphatic heterocycles. The SMILES string of the molecule is COc1cc(OC)c(CNc2ccc(N3CCOCC3)cc2)c(OC)c1. The van der Waals surface area contributed by atoms with Crippen molar-refractivity contribution in [2.45, 2.75) is 6.54 Å². The van der Waals surface area contributed by atoms with E-state index >= 15 is 0 Å². The van der Waals surface area contributed by atoms with Crippen molar-refractivity contribution in [2.75, 3.05) is 57.8 Å². The topological polar surface area (TPSA) is 52.2 Å². The van der Waals surface area contributed by atoms with Crippen LogP contribution in [-0.2, 0) is 11.3 Å². The fourth-order valence-electron chi connectivity index (χ4n) is 3.05. The van der Waals surface area contributed by atoms with Gasteiger partial charge in [-0.05, 0) is 24.3 Å². The fourth-order valence-corrected chi connectivity index (χ4v) is 3.05. The molecule has 26 heavy (non-hydrogen) atoms. The van der Waals surface area contributed by atoms with Crippen molar-refractivity contribution in [1.29, 1.82) is 0 Å². The molecule has 0 amide bonds. The van der Waals surface area contributed by atoms with Gasteiger partial charge in [0.15, 0.2) is 0 Å². The Morgan fingerprint density at radius 1 is 0.923 bits per heavy atom. The number of rotatable bonds is 7. The molecule has 1 saturated heterocycles. The zero-order chi connectivity index (χ0) is 18.4. The van der Waals surface area contributed by atoms with Gasteiger partial charge in [-0.1, -0.05) is 0 Å². The second-order valence-corrected chi connectivity index (χ2v) is 6.01. The fraction of sp³-hybridized carbons (Fsp3) is 0.400. The minimum atomic E-state index is 0.591. The van der Waals surface area contributed by atoms with Crippen LogP contribution >= 0.6 is 0 Å². The summed E-state index contributed by atoms with van der Waals surface area (Å²) < 4.78 is 21.7. The Hall–Kier alpha value is -2.60. The van der Waals surface area contributed by atoms with Crippen molar-refractivity contribution in [3.05, 3.63) is 42.0 Å². The number of hydrogen-bond donors (Lipinski definition) is 1. The largest absolute Gasteiger partial charge is 0.496 e. The van der Waals surface area contributed by atoms with E-state index in [1.165, 1.54) is 5.69 Å². The van der Waals surface area contributed by atoms with Crippen LogP contribution in [-0.4, -0.2) is 47.6 Å². The first-order chi connectivity index (χ1) is 12.7. The number of morpholine rings is 1. The number of anilines is 2. The number of nitrogens with one attached hydrogen (secondary N) is 1. The number of ether oxygens (including phenoxy) is 4. The summed E-state index contributed by atoms with van der Waals surface area (Å²) >= 11 is 0. The predicted octanol–water partition coefficient (Wildman–Crippen LogP) is 3.16. The van der Waals surface area contributed by atoms with Crippen LogP contribution in [0.5, 0.6) is 17.2 Å². The van der Waals surface area contributed by atoms with E-state index < -0.39 is 0 Å². The van der Waals surface area contributed by atoms with Gasteiger partial charge in [0.05, 0.1) is 40.1 Å². The molecule has 1 fully saturated rings. The molecule has 0 aromatic heterocycles. The number of nitrogens with zero attached hydrogens (tertiary/aromatic N) is 1. The summed E-state index contributed by atoms with van der Waals surface area (Å²) in [6, 6.07) is 12.2. The van der Waals surface area contributed by atoms with E-state index in [0.717, 1.165) is 49.1 Å². The molecule has 3 rings (SSSR count). The summed E-state index contributed by atoms with van der Waals surface area (Å²) in [6.07, 6.45) is 0. The molecule has 1 N–H and O–H groups in total. The Morgan fingerprint density at radius 2 is 1.54 bits per heavy atom. The van der Waals surface area contributed by atoms with Gasteiger partial charge in [0.1, 0.15) is 17.2 Å². The Kier molecular flexibility index (Phi) is 6.07. The van der Waals surface area contributed by atoms with E-state index in [2.05, 4.69) is 34.5 Å². The quantitative estimate of drug-likeness (QED) is 0.821. The van der Waals surface area contributed by atoms with Gasteiger partial charge in [0.25, 0.3) is 0 Å². The third-order valence-corrected chi connectivity index (χ3v) is 4.53. The van der Waals surface area contributed by atoms with Crippen molar-refractivity contribution in [2.24, 2.45) is 0 Å². The molecule has 0 bridgehead atoms. The van der Waals surface area contributed by atoms with E-state index in [9.17, 15) is 0 Å². The van der Waals surface area contributed by atoms with Crippen LogP contribution in [0.3, 0.4) is 0 Å². The summed E-state index contributed by atoms with van der Waals surface area (Å²) in [6.45, 7) is 4.04. The van der Waals surface area contributed by atoms with Crippen LogP contribution < -0.4 is 24.4 Å². The van der Waals surface area contributed by atoms with Gasteiger partial charge in [0.2, 0.25) is 0 Å². The lowest BCUT2D eigenvalue weighted by Crippen LogP contribution is -2.36. The second-order valence-electron chi connectivity index (χ2n) is 6.01. The van der Waals surface area contributed by atoms with Gasteiger partial charge in [-0.15, -0.1) is 0 Å². The third kappa shape index (κ3) is 4.14. The van der Waals surface area contributed by atoms with E-state index in [1.807, 2.05) is 12.1 Å². The standard InChI is InChI=1S/C20H26N2O4/c1-23-17-12-19(24-2)18(20(13-17)25-3)14-21-15-4-6-16(7-5-15)22-8-10-26-11-9-22/h4-7,12-13,21H,8-11,14H2,1-3H3. The molecule has 0 radical (unpaired) electrons. The normalized spacial score (nSPS) is 14.0. The van der Waals surface area contributed by atoms with Crippen molar-refractivity contribution in [3.63, 3.8) is 0 Å². The molecule has 2 aromatic rings. The average Bonchev–Trinajstić information content (AvgIpc) is 2.72. The van der Waals surface area contributed by atoms with Crippen molar-refractivity contribution in [1.82, 2.24) is 0 Å². The molecule has 1 aliphatic rings. The van der Waals surface area contributed by atoms with Crippen molar-refractivity contribution in [3.8, 4) is 17.2 Å². The summed E-state index contributed by atoms with van der Waals surface area (Å²) in [7, 11) is 4.92. The lowest BCUT2D eigenvalue weighted by atomic mass is 10.1. The zero-order valence-corrected chi connectivity index (χ0v) is 15.6. The molecule has 1 heterocycles. The highest BCUT2D eigenvalue weighted by Gasteiger charge is 2.14. The summed E-state index contributed by atoms with van der Waals surface area (Å²) in [4.78, 5) is 2.34. The smallest absolute Gasteiger partial charge is 0.131 e. The van der Waals surface area contributed by atoms with Gasteiger partial charge < -0.3 is 29.2 Å². The molecule has 0 unspecified atom stereocenters. The van der Waals surface area contributed by atoms with Crippen LogP contribution in [0.2, 0.25) is 0 Å². The summed E-state index contributed by atoms with van der Waals surface area (Å²) in [5.74, 6) is 2.18. The maximum atomic E-state index is 5.50. The molecule has 6 heteroatoms. The maximum absolute atomic E-state index is 5.50. The van der Waals surface area contributed by atoms with E-state index in [-0.39, 0.29) is 0 Å². The zero-order valence-electron chi connectivity index (χ0n) is 15.6. The Morgan fingerprint density at radius 3 is 2.08 bits per heavy atom. The molecule has 2 aromatic carbocycles. The molecule has 6 nitrogen and oxygen atoms in total. The lowest BCUT2D eigenvalue weighted by molar-refractivity contribution is 0.122. The van der Waals surface area contributed by atoms with Crippen LogP contribution in [0.4, 0.5) is 11.4 Å². The van der Waals surface area contributed by atoms with Gasteiger partial charge in [-0.3, -0.25) is 0 Å². The van der Waals surface area contributed by atoms with Crippen LogP contribution in [0.15, 0.2) is 36.4 Å². The van der Waals surface area contributed by atoms with E-state index in [4.69, 9.17) is 18.9 Å². The summed E-state index contributed by atoms with van der Waals surface area (Å²) in [5.41, 5.74) is 3.22. The average molecular weight is 358 g/mol.